The number of aliphatic hydroxyl groups excluding tert-OH is 1. The molecular weight excluding hydrogens is 367 g/mol. The van der Waals surface area contributed by atoms with Gasteiger partial charge in [-0.1, -0.05) is 25.5 Å². The zero-order valence-corrected chi connectivity index (χ0v) is 15.9. The maximum atomic E-state index is 13.0. The smallest absolute Gasteiger partial charge is 0.343 e. The number of halogens is 1. The van der Waals surface area contributed by atoms with Gasteiger partial charge in [-0.25, -0.2) is 18.7 Å². The Kier molecular flexibility index (Phi) is 7.94. The van der Waals surface area contributed by atoms with E-state index in [4.69, 9.17) is 4.74 Å². The van der Waals surface area contributed by atoms with Crippen LogP contribution in [0.3, 0.4) is 0 Å². The lowest BCUT2D eigenvalue weighted by molar-refractivity contribution is 0.0527. The number of aliphatic hydroxyl groups is 1. The van der Waals surface area contributed by atoms with Crippen molar-refractivity contribution in [2.45, 2.75) is 45.9 Å². The lowest BCUT2D eigenvalue weighted by atomic mass is 10.2. The number of nitrogens with zero attached hydrogens (tertiary/aromatic N) is 2. The second-order valence-corrected chi connectivity index (χ2v) is 6.19. The molecule has 2 rings (SSSR count). The number of carbonyl (C=O) groups excluding carboxylic acids is 2. The number of aromatic nitrogens is 2. The van der Waals surface area contributed by atoms with Crippen molar-refractivity contribution in [1.29, 1.82) is 0 Å². The Morgan fingerprint density at radius 2 is 2.00 bits per heavy atom. The summed E-state index contributed by atoms with van der Waals surface area (Å²) in [4.78, 5) is 24.4. The summed E-state index contributed by atoms with van der Waals surface area (Å²) in [5.41, 5.74) is 0.816. The number of hydrogen-bond donors (Lipinski definition) is 3. The fraction of sp³-hybridized carbons (Fsp3) is 0.421. The van der Waals surface area contributed by atoms with Crippen LogP contribution in [-0.2, 0) is 17.8 Å². The highest BCUT2D eigenvalue weighted by Gasteiger charge is 2.21. The number of benzene rings is 1. The van der Waals surface area contributed by atoms with Crippen LogP contribution >= 0.6 is 0 Å². The molecule has 0 saturated heterocycles. The maximum Gasteiger partial charge on any atom is 0.343 e. The van der Waals surface area contributed by atoms with E-state index in [1.54, 1.807) is 19.1 Å². The third-order valence-electron chi connectivity index (χ3n) is 3.94. The van der Waals surface area contributed by atoms with Crippen LogP contribution in [0.1, 0.15) is 42.6 Å². The summed E-state index contributed by atoms with van der Waals surface area (Å²) in [6.07, 6.45) is 1.98. The van der Waals surface area contributed by atoms with Crippen LogP contribution < -0.4 is 10.6 Å². The zero-order chi connectivity index (χ0) is 20.5. The van der Waals surface area contributed by atoms with Crippen molar-refractivity contribution in [1.82, 2.24) is 15.1 Å². The molecule has 0 aliphatic rings. The molecule has 1 heterocycles. The molecule has 0 saturated carbocycles. The van der Waals surface area contributed by atoms with E-state index < -0.39 is 18.1 Å². The van der Waals surface area contributed by atoms with Gasteiger partial charge in [0.2, 0.25) is 0 Å². The van der Waals surface area contributed by atoms with Gasteiger partial charge in [-0.15, -0.1) is 0 Å². The van der Waals surface area contributed by atoms with E-state index in [1.165, 1.54) is 23.0 Å². The third kappa shape index (κ3) is 6.05. The fourth-order valence-electron chi connectivity index (χ4n) is 2.57. The topological polar surface area (TPSA) is 105 Å². The van der Waals surface area contributed by atoms with E-state index in [0.717, 1.165) is 6.42 Å². The second-order valence-electron chi connectivity index (χ2n) is 6.19. The molecule has 8 nitrogen and oxygen atoms in total. The monoisotopic (exact) mass is 392 g/mol. The van der Waals surface area contributed by atoms with Crippen molar-refractivity contribution >= 4 is 17.8 Å². The first-order chi connectivity index (χ1) is 13.4. The number of esters is 1. The van der Waals surface area contributed by atoms with Crippen LogP contribution in [0.4, 0.5) is 15.0 Å². The molecule has 1 unspecified atom stereocenters. The van der Waals surface area contributed by atoms with Gasteiger partial charge < -0.3 is 15.2 Å². The summed E-state index contributed by atoms with van der Waals surface area (Å²) in [5, 5.41) is 19.4. The highest BCUT2D eigenvalue weighted by molar-refractivity contribution is 5.99. The van der Waals surface area contributed by atoms with Crippen molar-refractivity contribution in [3.63, 3.8) is 0 Å². The molecule has 9 heteroatoms. The molecule has 1 atom stereocenters. The number of hydrogen-bond acceptors (Lipinski definition) is 5. The summed E-state index contributed by atoms with van der Waals surface area (Å²) in [7, 11) is 0. The fourth-order valence-corrected chi connectivity index (χ4v) is 2.57. The Bertz CT molecular complexity index is 792. The van der Waals surface area contributed by atoms with E-state index in [2.05, 4.69) is 15.7 Å². The molecule has 0 aliphatic heterocycles. The molecule has 0 spiro atoms. The van der Waals surface area contributed by atoms with Gasteiger partial charge in [0.05, 0.1) is 25.5 Å². The summed E-state index contributed by atoms with van der Waals surface area (Å²) in [6, 6.07) is 5.16. The van der Waals surface area contributed by atoms with E-state index in [-0.39, 0.29) is 36.9 Å². The summed E-state index contributed by atoms with van der Waals surface area (Å²) in [5.74, 6) is -0.834. The quantitative estimate of drug-likeness (QED) is 0.569. The van der Waals surface area contributed by atoms with Crippen molar-refractivity contribution in [3.8, 4) is 0 Å². The van der Waals surface area contributed by atoms with Crippen molar-refractivity contribution in [2.75, 3.05) is 11.9 Å². The van der Waals surface area contributed by atoms with Gasteiger partial charge in [0.1, 0.15) is 17.2 Å². The molecular formula is C19H25FN4O4. The van der Waals surface area contributed by atoms with Gasteiger partial charge in [0, 0.05) is 6.54 Å². The normalized spacial score (nSPS) is 11.7. The van der Waals surface area contributed by atoms with Crippen LogP contribution in [0, 0.1) is 5.82 Å². The van der Waals surface area contributed by atoms with Crippen LogP contribution in [0.2, 0.25) is 0 Å². The zero-order valence-electron chi connectivity index (χ0n) is 15.9. The number of anilines is 1. The van der Waals surface area contributed by atoms with Crippen LogP contribution in [-0.4, -0.2) is 39.6 Å². The highest BCUT2D eigenvalue weighted by Crippen LogP contribution is 2.18. The van der Waals surface area contributed by atoms with Gasteiger partial charge in [-0.3, -0.25) is 5.32 Å². The minimum Gasteiger partial charge on any atom is -0.462 e. The van der Waals surface area contributed by atoms with Crippen molar-refractivity contribution in [3.05, 3.63) is 47.4 Å². The Hall–Kier alpha value is -2.94. The first-order valence-corrected chi connectivity index (χ1v) is 9.14. The molecule has 28 heavy (non-hydrogen) atoms. The van der Waals surface area contributed by atoms with Gasteiger partial charge in [-0.2, -0.15) is 5.10 Å². The Morgan fingerprint density at radius 3 is 2.64 bits per heavy atom. The van der Waals surface area contributed by atoms with Gasteiger partial charge in [-0.05, 0) is 31.0 Å². The minimum atomic E-state index is -0.664. The maximum absolute atomic E-state index is 13.0. The summed E-state index contributed by atoms with van der Waals surface area (Å²) >= 11 is 0. The van der Waals surface area contributed by atoms with Gasteiger partial charge in [0.25, 0.3) is 0 Å². The van der Waals surface area contributed by atoms with E-state index >= 15 is 0 Å². The first kappa shape index (κ1) is 21.4. The average Bonchev–Trinajstić information content (AvgIpc) is 3.04. The number of amides is 2. The molecule has 1 aromatic heterocycles. The Balaban J connectivity index is 2.10. The van der Waals surface area contributed by atoms with Crippen LogP contribution in [0.15, 0.2) is 30.5 Å². The van der Waals surface area contributed by atoms with E-state index in [0.29, 0.717) is 12.0 Å². The highest BCUT2D eigenvalue weighted by atomic mass is 19.1. The lowest BCUT2D eigenvalue weighted by Gasteiger charge is -2.14. The molecule has 0 fully saturated rings. The Morgan fingerprint density at radius 1 is 1.29 bits per heavy atom. The largest absolute Gasteiger partial charge is 0.462 e. The molecule has 2 amide bonds. The number of rotatable bonds is 9. The molecule has 0 radical (unpaired) electrons. The van der Waals surface area contributed by atoms with Crippen molar-refractivity contribution < 1.29 is 23.8 Å². The SMILES string of the molecule is CCCC(O)Cn1ncc(C(=O)OCC)c1NC(=O)NCc1ccc(F)cc1. The standard InChI is InChI=1S/C19H25FN4O4/c1-3-5-15(25)12-24-17(16(11-22-24)18(26)28-4-2)23-19(27)21-10-13-6-8-14(20)9-7-13/h6-9,11,15,25H,3-5,10,12H2,1-2H3,(H2,21,23,27). The predicted molar refractivity (Wildman–Crippen MR) is 101 cm³/mol. The van der Waals surface area contributed by atoms with E-state index in [9.17, 15) is 19.1 Å². The first-order valence-electron chi connectivity index (χ1n) is 9.14. The molecule has 0 bridgehead atoms. The van der Waals surface area contributed by atoms with E-state index in [1.807, 2.05) is 6.92 Å². The molecule has 152 valence electrons. The number of nitrogens with one attached hydrogen (secondary N) is 2. The predicted octanol–water partition coefficient (Wildman–Crippen LogP) is 2.68. The third-order valence-corrected chi connectivity index (χ3v) is 3.94. The van der Waals surface area contributed by atoms with Crippen molar-refractivity contribution in [2.24, 2.45) is 0 Å². The molecule has 2 aromatic rings. The van der Waals surface area contributed by atoms with Crippen LogP contribution in [0.25, 0.3) is 0 Å². The van der Waals surface area contributed by atoms with Gasteiger partial charge >= 0.3 is 12.0 Å². The number of carbonyl (C=O) groups is 2. The number of ether oxygens (including phenoxy) is 1. The van der Waals surface area contributed by atoms with Gasteiger partial charge in [0.15, 0.2) is 0 Å². The molecule has 0 aliphatic carbocycles. The molecule has 3 N–H and O–H groups in total. The average molecular weight is 392 g/mol. The number of urea groups is 1. The summed E-state index contributed by atoms with van der Waals surface area (Å²) in [6.45, 7) is 4.10. The molecule has 1 aromatic carbocycles. The van der Waals surface area contributed by atoms with Crippen LogP contribution in [0.5, 0.6) is 0 Å². The summed E-state index contributed by atoms with van der Waals surface area (Å²) < 4.78 is 19.3. The minimum absolute atomic E-state index is 0.0995. The lowest BCUT2D eigenvalue weighted by Crippen LogP contribution is -2.31. The second kappa shape index (κ2) is 10.4. The Labute approximate surface area is 162 Å².